The molecule has 0 spiro atoms. The Hall–Kier alpha value is -8.79. The molecule has 3 aliphatic carbocycles. The van der Waals surface area contributed by atoms with Crippen LogP contribution in [0.2, 0.25) is 0 Å². The van der Waals surface area contributed by atoms with Crippen LogP contribution in [0.15, 0.2) is 109 Å². The molecule has 2 N–H and O–H groups in total. The SMILES string of the molecule is COCC1CCN(c2cc(C(=O)CS(=O)(=O)CCC(=O)N(C)C)nc3c2c(C2CCC2)nn3-c2ccccc2)CC1.COCC1CCN(c2cc(C(=O)CS(=O)(=O)CCC(=O)O)nc3c2c(C2CCC2)nn3-c2ccccc2)CC1.COCC1CCN(c2cc(C(=O)CS(=O)(=O)CCC(=O)OC)nc3c2c(C2CCC2)nn3-c2ccccc2)CC1.ClCCl.[Li+].[OH-]. The summed E-state index contributed by atoms with van der Waals surface area (Å²) in [5, 5.41) is 27.0. The first-order valence-electron chi connectivity index (χ1n) is 42.1. The number of hydrogen-bond donors (Lipinski definition) is 1. The van der Waals surface area contributed by atoms with E-state index in [0.717, 1.165) is 210 Å². The number of carbonyl (C=O) groups is 6. The van der Waals surface area contributed by atoms with Crippen molar-refractivity contribution in [2.45, 2.75) is 133 Å². The number of Topliss-reactive ketones (excluding diaryl/α,β-unsaturated/α-hetero) is 3. The van der Waals surface area contributed by atoms with Gasteiger partial charge in [0.15, 0.2) is 63.8 Å². The number of halogens is 2. The van der Waals surface area contributed by atoms with Crippen molar-refractivity contribution >= 4 is 138 Å². The maximum atomic E-state index is 13.5. The van der Waals surface area contributed by atoms with Crippen LogP contribution < -0.4 is 33.6 Å². The van der Waals surface area contributed by atoms with Gasteiger partial charge in [-0.25, -0.2) is 54.3 Å². The standard InChI is InChI=1S/C30H39N5O5S.C29H36N4O6S.C28H34N4O6S.CH2Cl2.Li.H2O/c1-33(2)27(37)14-17-41(38,39)20-26(36)24-18-25(34-15-12-21(13-16-34)19-40-3)28-29(22-8-7-9-22)32-35(30(28)31-24)23-10-5-4-6-11-23;1-38-18-20-11-14-32(15-12-20)24-17-23(25(34)19-40(36,37)16-13-26(35)39-2)30-29-27(24)28(21-7-6-8-21)31-33(29)22-9-4-3-5-10-22;1-38-17-19-10-13-31(14-11-19)23-16-22(24(33)18-39(36,37)15-12-25(34)35)29-28-26(23)27(20-6-5-7-20)30-32(28)21-8-3-2-4-9-21;2-1-3;;/h4-6,10-11,18,21-22H,7-9,12-17,19-20H2,1-3H3;3-5,9-10,17,20-21H,6-8,11-16,18-19H2,1-2H3;2-4,8-9,16,19-20H,5-7,10-15,17-18H2,1H3,(H,34,35);1H2;;1H2/q;;;;+1;/p-1. The van der Waals surface area contributed by atoms with Crippen molar-refractivity contribution in [1.82, 2.24) is 49.2 Å². The zero-order valence-corrected chi connectivity index (χ0v) is 76.1. The Kier molecular flexibility index (Phi) is 35.6. The van der Waals surface area contributed by atoms with Gasteiger partial charge in [0.25, 0.3) is 0 Å². The molecule has 6 fully saturated rings. The predicted molar refractivity (Wildman–Crippen MR) is 476 cm³/mol. The molecule has 6 aromatic heterocycles. The maximum Gasteiger partial charge on any atom is 1.00 e. The Bertz CT molecular complexity index is 5560. The zero-order chi connectivity index (χ0) is 87.7. The number of fused-ring (bicyclic) bond motifs is 3. The summed E-state index contributed by atoms with van der Waals surface area (Å²) in [5.74, 6) is -5.28. The van der Waals surface area contributed by atoms with Crippen molar-refractivity contribution in [2.24, 2.45) is 17.8 Å². The number of anilines is 3. The molecule has 125 heavy (non-hydrogen) atoms. The first kappa shape index (κ1) is 98.4. The molecule has 3 saturated carbocycles. The summed E-state index contributed by atoms with van der Waals surface area (Å²) >= 11 is 9.53. The number of ketones is 3. The molecule has 3 aromatic carbocycles. The summed E-state index contributed by atoms with van der Waals surface area (Å²) in [6.07, 6.45) is 14.4. The van der Waals surface area contributed by atoms with E-state index in [9.17, 15) is 54.0 Å². The largest absolute Gasteiger partial charge is 1.00 e. The fourth-order valence-electron chi connectivity index (χ4n) is 16.5. The fourth-order valence-corrected chi connectivity index (χ4v) is 20.0. The first-order valence-corrected chi connectivity index (χ1v) is 48.7. The summed E-state index contributed by atoms with van der Waals surface area (Å²) in [4.78, 5) is 97.1. The number of amides is 1. The molecule has 31 nitrogen and oxygen atoms in total. The predicted octanol–water partition coefficient (Wildman–Crippen LogP) is 9.21. The number of hydrogen-bond acceptors (Lipinski definition) is 26. The number of ether oxygens (including phenoxy) is 4. The topological polar surface area (TPSA) is 397 Å². The molecule has 3 aliphatic heterocycles. The molecule has 37 heteroatoms. The number of carboxylic acids is 1. The van der Waals surface area contributed by atoms with Crippen LogP contribution in [-0.2, 0) is 62.8 Å². The average molecular weight is 1810 g/mol. The van der Waals surface area contributed by atoms with Gasteiger partial charge in [-0.15, -0.1) is 23.2 Å². The van der Waals surface area contributed by atoms with E-state index >= 15 is 0 Å². The molecule has 1 amide bonds. The molecule has 670 valence electrons. The summed E-state index contributed by atoms with van der Waals surface area (Å²) in [5.41, 5.74) is 9.92. The number of carbonyl (C=O) groups excluding carboxylic acids is 5. The van der Waals surface area contributed by atoms with E-state index in [4.69, 9.17) is 72.8 Å². The minimum atomic E-state index is -3.91. The number of nitrogens with zero attached hydrogens (tertiary/aromatic N) is 13. The third-order valence-electron chi connectivity index (χ3n) is 24.0. The number of piperidine rings is 3. The third kappa shape index (κ3) is 25.0. The minimum Gasteiger partial charge on any atom is -0.870 e. The molecular weight excluding hydrogens is 1700 g/mol. The van der Waals surface area contributed by atoms with Gasteiger partial charge in [-0.3, -0.25) is 28.8 Å². The van der Waals surface area contributed by atoms with E-state index in [1.165, 1.54) is 12.0 Å². The second kappa shape index (κ2) is 45.3. The van der Waals surface area contributed by atoms with Gasteiger partial charge in [-0.2, -0.15) is 15.3 Å². The Balaban J connectivity index is 0.000000191. The molecular formula is C88H112Cl2LiN13O18S3. The van der Waals surface area contributed by atoms with Gasteiger partial charge in [0.05, 0.1) is 110 Å². The fraction of sp³-hybridized carbons (Fsp3) is 0.523. The van der Waals surface area contributed by atoms with Crippen molar-refractivity contribution in [3.8, 4) is 17.1 Å². The molecule has 0 atom stereocenters. The van der Waals surface area contributed by atoms with Crippen molar-refractivity contribution in [1.29, 1.82) is 0 Å². The van der Waals surface area contributed by atoms with Crippen molar-refractivity contribution in [2.75, 3.05) is 156 Å². The number of rotatable bonds is 33. The number of esters is 1. The van der Waals surface area contributed by atoms with Crippen LogP contribution in [0.3, 0.4) is 0 Å². The summed E-state index contributed by atoms with van der Waals surface area (Å²) in [6.45, 7) is 6.87. The van der Waals surface area contributed by atoms with E-state index in [1.54, 1.807) is 67.7 Å². The number of aliphatic carboxylic acids is 1. The second-order valence-electron chi connectivity index (χ2n) is 32.8. The number of carboxylic acid groups (broad SMARTS) is 1. The smallest absolute Gasteiger partial charge is 0.870 e. The Morgan fingerprint density at radius 2 is 0.704 bits per heavy atom. The van der Waals surface area contributed by atoms with E-state index < -0.39 is 94.0 Å². The van der Waals surface area contributed by atoms with E-state index in [-0.39, 0.29) is 71.3 Å². The molecule has 3 saturated heterocycles. The van der Waals surface area contributed by atoms with Crippen LogP contribution in [0.1, 0.15) is 182 Å². The number of alkyl halides is 2. The average Bonchev–Trinajstić information content (AvgIpc) is 1.61. The van der Waals surface area contributed by atoms with E-state index in [1.807, 2.05) is 91.0 Å². The second-order valence-corrected chi connectivity index (χ2v) is 40.1. The van der Waals surface area contributed by atoms with Crippen LogP contribution >= 0.6 is 23.2 Å². The Morgan fingerprint density at radius 1 is 0.432 bits per heavy atom. The van der Waals surface area contributed by atoms with Crippen LogP contribution in [-0.4, -0.2) is 262 Å². The Labute approximate surface area is 752 Å². The number of benzene rings is 3. The van der Waals surface area contributed by atoms with Gasteiger partial charge in [0.2, 0.25) is 5.91 Å². The van der Waals surface area contributed by atoms with E-state index in [2.05, 4.69) is 19.4 Å². The minimum absolute atomic E-state index is 0. The molecule has 0 unspecified atom stereocenters. The van der Waals surface area contributed by atoms with Gasteiger partial charge in [-0.05, 0) is 149 Å². The third-order valence-corrected chi connectivity index (χ3v) is 28.6. The summed E-state index contributed by atoms with van der Waals surface area (Å²) in [7, 11) is -2.06. The van der Waals surface area contributed by atoms with Crippen LogP contribution in [0.4, 0.5) is 17.1 Å². The van der Waals surface area contributed by atoms with Gasteiger partial charge in [0.1, 0.15) is 34.3 Å². The van der Waals surface area contributed by atoms with Crippen molar-refractivity contribution in [3.05, 3.63) is 143 Å². The maximum absolute atomic E-state index is 13.5. The van der Waals surface area contributed by atoms with Gasteiger partial charge in [0, 0.05) is 119 Å². The molecule has 9 heterocycles. The zero-order valence-electron chi connectivity index (χ0n) is 72.1. The number of sulfone groups is 3. The molecule has 0 radical (unpaired) electrons. The van der Waals surface area contributed by atoms with Gasteiger partial charge in [-0.1, -0.05) is 73.9 Å². The number of aromatic nitrogens is 9. The summed E-state index contributed by atoms with van der Waals surface area (Å²) in [6, 6.07) is 34.2. The first-order chi connectivity index (χ1) is 59.1. The van der Waals surface area contributed by atoms with Crippen LogP contribution in [0.25, 0.3) is 50.2 Å². The van der Waals surface area contributed by atoms with Crippen LogP contribution in [0.5, 0.6) is 0 Å². The molecule has 15 rings (SSSR count). The number of para-hydroxylation sites is 3. The number of methoxy groups -OCH3 is 4. The molecule has 6 aliphatic rings. The summed E-state index contributed by atoms with van der Waals surface area (Å²) < 4.78 is 102. The quantitative estimate of drug-likeness (QED) is 0.0173. The molecule has 9 aromatic rings. The monoisotopic (exact) mass is 1810 g/mol. The van der Waals surface area contributed by atoms with Crippen molar-refractivity contribution < 1.29 is 102 Å². The number of pyridine rings is 3. The Morgan fingerprint density at radius 3 is 0.944 bits per heavy atom. The van der Waals surface area contributed by atoms with Crippen molar-refractivity contribution in [3.63, 3.8) is 0 Å². The van der Waals surface area contributed by atoms with Gasteiger partial charge >= 0.3 is 30.8 Å². The van der Waals surface area contributed by atoms with Crippen LogP contribution in [0, 0.1) is 17.8 Å². The van der Waals surface area contributed by atoms with E-state index in [0.29, 0.717) is 65.7 Å². The normalized spacial score (nSPS) is 16.2. The molecule has 0 bridgehead atoms. The van der Waals surface area contributed by atoms with Gasteiger partial charge < -0.3 is 49.1 Å².